The molecule has 2 aliphatic heterocycles. The van der Waals surface area contributed by atoms with Gasteiger partial charge in [-0.2, -0.15) is 0 Å². The number of methoxy groups -OCH3 is 2. The number of hydrogen-bond acceptors (Lipinski definition) is 8. The number of aromatic nitrogens is 2. The zero-order valence-electron chi connectivity index (χ0n) is 31.6. The molecule has 6 aliphatic rings. The summed E-state index contributed by atoms with van der Waals surface area (Å²) in [4.78, 5) is 44.7. The molecule has 3 heterocycles. The Bertz CT molecular complexity index is 2100. The molecule has 10 rings (SSSR count). The maximum Gasteiger partial charge on any atom is 0.330 e. The van der Waals surface area contributed by atoms with Gasteiger partial charge < -0.3 is 29.0 Å². The third kappa shape index (κ3) is 5.93. The molecule has 1 amide bonds. The van der Waals surface area contributed by atoms with Gasteiger partial charge in [0, 0.05) is 18.2 Å². The summed E-state index contributed by atoms with van der Waals surface area (Å²) < 4.78 is 26.4. The van der Waals surface area contributed by atoms with Crippen LogP contribution in [0.1, 0.15) is 73.4 Å². The predicted octanol–water partition coefficient (Wildman–Crippen LogP) is 5.32. The lowest BCUT2D eigenvalue weighted by Gasteiger charge is -2.57. The molecule has 4 aromatic rings. The minimum absolute atomic E-state index is 0.0324. The summed E-state index contributed by atoms with van der Waals surface area (Å²) in [5, 5.41) is 12.4. The Hall–Kier alpha value is -4.71. The highest BCUT2D eigenvalue weighted by atomic mass is 16.6. The van der Waals surface area contributed by atoms with E-state index >= 15 is 0 Å². The quantitative estimate of drug-likeness (QED) is 0.197. The number of H-pyrrole nitrogens is 1. The third-order valence-corrected chi connectivity index (χ3v) is 13.4. The summed E-state index contributed by atoms with van der Waals surface area (Å²) in [5.74, 6) is 3.38. The number of nitrogens with zero attached hydrogens (tertiary/aromatic N) is 2. The molecule has 6 bridgehead atoms. The van der Waals surface area contributed by atoms with Crippen molar-refractivity contribution in [3.63, 3.8) is 0 Å². The summed E-state index contributed by atoms with van der Waals surface area (Å²) in [6, 6.07) is 24.4. The highest BCUT2D eigenvalue weighted by molar-refractivity contribution is 5.78. The van der Waals surface area contributed by atoms with Crippen LogP contribution in [0, 0.1) is 30.1 Å². The standard InChI is InChI=1S/C44H49N3O8/c1-27-24-46(41(51)45-39(27)50)40-37-38(49)43(55-40,25-47(37)36(48)23-42-20-28-17-29(21-42)19-30(18-28)22-42)26-54-44(31-7-5-4-6-8-31,32-9-13-34(52-2)14-10-32)33-11-15-35(53-3)16-12-33/h4-16,24,28-30,37-38,40,49H,17-23,25-26H2,1-3H3,(H,45,50,51)/t28?,29?,30?,37-,38+,40-,42?,43-/m1/s1. The fourth-order valence-electron chi connectivity index (χ4n) is 11.3. The Morgan fingerprint density at radius 2 is 1.40 bits per heavy atom. The van der Waals surface area contributed by atoms with E-state index in [0.29, 0.717) is 41.2 Å². The first-order valence-electron chi connectivity index (χ1n) is 19.5. The van der Waals surface area contributed by atoms with Crippen LogP contribution in [0.25, 0.3) is 0 Å². The highest BCUT2D eigenvalue weighted by Gasteiger charge is 2.66. The molecule has 11 heteroatoms. The first-order valence-corrected chi connectivity index (χ1v) is 19.5. The van der Waals surface area contributed by atoms with E-state index in [4.69, 9.17) is 18.9 Å². The monoisotopic (exact) mass is 747 g/mol. The Morgan fingerprint density at radius 3 is 1.95 bits per heavy atom. The molecule has 0 radical (unpaired) electrons. The van der Waals surface area contributed by atoms with E-state index < -0.39 is 40.8 Å². The number of carbonyl (C=O) groups is 1. The van der Waals surface area contributed by atoms with E-state index in [1.807, 2.05) is 78.9 Å². The molecule has 2 saturated heterocycles. The number of morpholine rings is 1. The van der Waals surface area contributed by atoms with Crippen LogP contribution in [-0.4, -0.2) is 70.6 Å². The summed E-state index contributed by atoms with van der Waals surface area (Å²) in [6.07, 6.45) is 6.65. The minimum Gasteiger partial charge on any atom is -0.497 e. The second-order valence-electron chi connectivity index (χ2n) is 16.9. The molecule has 0 unspecified atom stereocenters. The van der Waals surface area contributed by atoms with Crippen molar-refractivity contribution in [2.45, 2.75) is 81.4 Å². The first kappa shape index (κ1) is 36.0. The summed E-state index contributed by atoms with van der Waals surface area (Å²) in [6.45, 7) is 1.57. The van der Waals surface area contributed by atoms with Gasteiger partial charge in [0.2, 0.25) is 5.91 Å². The molecule has 2 N–H and O–H groups in total. The van der Waals surface area contributed by atoms with E-state index in [0.717, 1.165) is 36.0 Å². The van der Waals surface area contributed by atoms with Crippen molar-refractivity contribution in [2.75, 3.05) is 27.4 Å². The molecule has 6 fully saturated rings. The molecular formula is C44H49N3O8. The fraction of sp³-hybridized carbons (Fsp3) is 0.477. The van der Waals surface area contributed by atoms with Crippen molar-refractivity contribution in [2.24, 2.45) is 23.2 Å². The number of carbonyl (C=O) groups excluding carboxylic acids is 1. The van der Waals surface area contributed by atoms with Crippen LogP contribution in [0.15, 0.2) is 94.6 Å². The SMILES string of the molecule is COc1ccc(C(OC[C@@]23CN(C(=O)CC45CC6CC(CC(C6)C4)C5)[C@@H]([C@H](n4cc(C)c(=O)[nH]c4=O)O2)[C@@H]3O)(c2ccccc2)c2ccc(OC)cc2)cc1. The molecule has 4 aliphatic carbocycles. The van der Waals surface area contributed by atoms with Crippen LogP contribution in [0.3, 0.4) is 0 Å². The van der Waals surface area contributed by atoms with Crippen molar-refractivity contribution in [1.82, 2.24) is 14.5 Å². The Labute approximate surface area is 320 Å². The van der Waals surface area contributed by atoms with Crippen LogP contribution < -0.4 is 20.7 Å². The first-order chi connectivity index (χ1) is 26.5. The number of nitrogens with one attached hydrogen (secondary N) is 1. The van der Waals surface area contributed by atoms with Gasteiger partial charge in [-0.05, 0) is 110 Å². The number of hydrogen-bond donors (Lipinski definition) is 2. The van der Waals surface area contributed by atoms with Crippen molar-refractivity contribution in [3.05, 3.63) is 128 Å². The highest BCUT2D eigenvalue weighted by Crippen LogP contribution is 2.62. The van der Waals surface area contributed by atoms with Gasteiger partial charge in [-0.1, -0.05) is 54.6 Å². The van der Waals surface area contributed by atoms with E-state index in [-0.39, 0.29) is 24.5 Å². The molecule has 0 spiro atoms. The van der Waals surface area contributed by atoms with Gasteiger partial charge in [0.15, 0.2) is 6.23 Å². The lowest BCUT2D eigenvalue weighted by molar-refractivity contribution is -0.185. The van der Waals surface area contributed by atoms with Crippen molar-refractivity contribution in [3.8, 4) is 11.5 Å². The van der Waals surface area contributed by atoms with Crippen LogP contribution in [-0.2, 0) is 19.9 Å². The zero-order valence-corrected chi connectivity index (χ0v) is 31.6. The van der Waals surface area contributed by atoms with Gasteiger partial charge >= 0.3 is 5.69 Å². The van der Waals surface area contributed by atoms with Gasteiger partial charge in [-0.15, -0.1) is 0 Å². The summed E-state index contributed by atoms with van der Waals surface area (Å²) in [5.41, 5.74) is -1.05. The lowest BCUT2D eigenvalue weighted by Crippen LogP contribution is -2.54. The van der Waals surface area contributed by atoms with E-state index in [1.165, 1.54) is 30.0 Å². The van der Waals surface area contributed by atoms with Gasteiger partial charge in [-0.3, -0.25) is 19.1 Å². The van der Waals surface area contributed by atoms with Crippen LogP contribution in [0.4, 0.5) is 0 Å². The largest absolute Gasteiger partial charge is 0.497 e. The molecular weight excluding hydrogens is 698 g/mol. The number of ether oxygens (including phenoxy) is 4. The number of likely N-dealkylation sites (tertiary alicyclic amines) is 1. The topological polar surface area (TPSA) is 132 Å². The van der Waals surface area contributed by atoms with Crippen LogP contribution in [0.2, 0.25) is 0 Å². The number of aromatic amines is 1. The maximum absolute atomic E-state index is 14.7. The van der Waals surface area contributed by atoms with Gasteiger partial charge in [0.25, 0.3) is 5.56 Å². The maximum atomic E-state index is 14.7. The number of aryl methyl sites for hydroxylation is 1. The smallest absolute Gasteiger partial charge is 0.330 e. The van der Waals surface area contributed by atoms with Crippen molar-refractivity contribution in [1.29, 1.82) is 0 Å². The minimum atomic E-state index is -1.41. The summed E-state index contributed by atoms with van der Waals surface area (Å²) in [7, 11) is 3.24. The van der Waals surface area contributed by atoms with E-state index in [2.05, 4.69) is 4.98 Å². The second-order valence-corrected chi connectivity index (χ2v) is 16.9. The molecule has 11 nitrogen and oxygen atoms in total. The Balaban J connectivity index is 1.12. The zero-order chi connectivity index (χ0) is 38.1. The molecule has 4 atom stereocenters. The number of rotatable bonds is 11. The number of aliphatic hydroxyl groups is 1. The van der Waals surface area contributed by atoms with Crippen molar-refractivity contribution < 1.29 is 28.8 Å². The average molecular weight is 748 g/mol. The van der Waals surface area contributed by atoms with Crippen LogP contribution >= 0.6 is 0 Å². The van der Waals surface area contributed by atoms with Crippen LogP contribution in [0.5, 0.6) is 11.5 Å². The number of aliphatic hydroxyl groups excluding tert-OH is 1. The summed E-state index contributed by atoms with van der Waals surface area (Å²) >= 11 is 0. The molecule has 55 heavy (non-hydrogen) atoms. The van der Waals surface area contributed by atoms with E-state index in [9.17, 15) is 19.5 Å². The van der Waals surface area contributed by atoms with Crippen molar-refractivity contribution >= 4 is 5.91 Å². The van der Waals surface area contributed by atoms with E-state index in [1.54, 1.807) is 26.0 Å². The van der Waals surface area contributed by atoms with Gasteiger partial charge in [-0.25, -0.2) is 4.79 Å². The lowest BCUT2D eigenvalue weighted by atomic mass is 9.49. The normalized spacial score (nSPS) is 30.5. The number of fused-ring (bicyclic) bond motifs is 2. The molecule has 288 valence electrons. The Kier molecular flexibility index (Phi) is 8.82. The molecule has 4 saturated carbocycles. The molecule has 3 aromatic carbocycles. The predicted molar refractivity (Wildman–Crippen MR) is 204 cm³/mol. The molecule has 1 aromatic heterocycles. The van der Waals surface area contributed by atoms with Gasteiger partial charge in [0.05, 0.1) is 27.4 Å². The fourth-order valence-corrected chi connectivity index (χ4v) is 11.3. The van der Waals surface area contributed by atoms with Gasteiger partial charge in [0.1, 0.15) is 34.8 Å². The second kappa shape index (κ2) is 13.5. The number of amides is 1. The average Bonchev–Trinajstić information content (AvgIpc) is 3.63. The third-order valence-electron chi connectivity index (χ3n) is 13.4. The number of benzene rings is 3. The Morgan fingerprint density at radius 1 is 0.855 bits per heavy atom.